The summed E-state index contributed by atoms with van der Waals surface area (Å²) in [5, 5.41) is 9.31. The molecule has 4 heteroatoms. The van der Waals surface area contributed by atoms with Crippen LogP contribution in [0.25, 0.3) is 0 Å². The van der Waals surface area contributed by atoms with E-state index in [1.807, 2.05) is 29.2 Å². The summed E-state index contributed by atoms with van der Waals surface area (Å²) in [7, 11) is 0. The van der Waals surface area contributed by atoms with Crippen molar-refractivity contribution in [3.05, 3.63) is 65.2 Å². The van der Waals surface area contributed by atoms with Crippen LogP contribution in [0, 0.1) is 5.92 Å². The van der Waals surface area contributed by atoms with Crippen molar-refractivity contribution in [2.75, 3.05) is 31.1 Å². The normalized spacial score (nSPS) is 19.8. The highest BCUT2D eigenvalue weighted by Crippen LogP contribution is 2.25. The zero-order valence-corrected chi connectivity index (χ0v) is 16.5. The first-order valence-electron chi connectivity index (χ1n) is 10.6. The second-order valence-corrected chi connectivity index (χ2v) is 8.18. The number of rotatable bonds is 5. The predicted molar refractivity (Wildman–Crippen MR) is 113 cm³/mol. The number of benzene rings is 2. The SMILES string of the molecule is O=C(c1ccc(N2CCCCC2)cc1)N1CCC(Cc2cccc(CO)c2)C1. The maximum absolute atomic E-state index is 12.9. The first-order chi connectivity index (χ1) is 13.7. The molecular formula is C24H30N2O2. The van der Waals surface area contributed by atoms with E-state index >= 15 is 0 Å². The quantitative estimate of drug-likeness (QED) is 0.859. The minimum Gasteiger partial charge on any atom is -0.392 e. The van der Waals surface area contributed by atoms with Gasteiger partial charge in [0, 0.05) is 37.4 Å². The summed E-state index contributed by atoms with van der Waals surface area (Å²) >= 11 is 0. The van der Waals surface area contributed by atoms with Crippen LogP contribution in [0.3, 0.4) is 0 Å². The predicted octanol–water partition coefficient (Wildman–Crippen LogP) is 3.87. The summed E-state index contributed by atoms with van der Waals surface area (Å²) in [6.45, 7) is 3.97. The molecule has 2 fully saturated rings. The average molecular weight is 379 g/mol. The van der Waals surface area contributed by atoms with E-state index in [-0.39, 0.29) is 12.5 Å². The summed E-state index contributed by atoms with van der Waals surface area (Å²) in [6, 6.07) is 16.3. The Balaban J connectivity index is 1.35. The molecule has 1 unspecified atom stereocenters. The van der Waals surface area contributed by atoms with E-state index in [1.165, 1.54) is 30.5 Å². The molecule has 0 spiro atoms. The van der Waals surface area contributed by atoms with Crippen LogP contribution >= 0.6 is 0 Å². The van der Waals surface area contributed by atoms with Gasteiger partial charge in [0.1, 0.15) is 0 Å². The Bertz CT molecular complexity index is 797. The van der Waals surface area contributed by atoms with E-state index < -0.39 is 0 Å². The van der Waals surface area contributed by atoms with E-state index in [2.05, 4.69) is 29.2 Å². The summed E-state index contributed by atoms with van der Waals surface area (Å²) in [4.78, 5) is 17.3. The van der Waals surface area contributed by atoms with Crippen molar-refractivity contribution in [2.24, 2.45) is 5.92 Å². The summed E-state index contributed by atoms with van der Waals surface area (Å²) in [5.74, 6) is 0.641. The monoisotopic (exact) mass is 378 g/mol. The Morgan fingerprint density at radius 1 is 0.964 bits per heavy atom. The standard InChI is InChI=1S/C24H30N2O2/c27-18-21-6-4-5-19(16-21)15-20-11-14-26(17-20)24(28)22-7-9-23(10-8-22)25-12-2-1-3-13-25/h4-10,16,20,27H,1-3,11-15,17-18H2. The van der Waals surface area contributed by atoms with Crippen LogP contribution in [0.4, 0.5) is 5.69 Å². The zero-order chi connectivity index (χ0) is 19.3. The van der Waals surface area contributed by atoms with E-state index in [4.69, 9.17) is 0 Å². The van der Waals surface area contributed by atoms with Crippen LogP contribution in [-0.4, -0.2) is 42.1 Å². The number of aliphatic hydroxyl groups excluding tert-OH is 1. The van der Waals surface area contributed by atoms with Crippen molar-refractivity contribution in [1.29, 1.82) is 0 Å². The molecule has 2 aliphatic heterocycles. The van der Waals surface area contributed by atoms with Crippen molar-refractivity contribution in [1.82, 2.24) is 4.90 Å². The molecule has 0 aliphatic carbocycles. The fourth-order valence-electron chi connectivity index (χ4n) is 4.52. The number of nitrogens with zero attached hydrogens (tertiary/aromatic N) is 2. The Kier molecular flexibility index (Phi) is 5.96. The molecule has 2 saturated heterocycles. The zero-order valence-electron chi connectivity index (χ0n) is 16.5. The Morgan fingerprint density at radius 2 is 1.71 bits per heavy atom. The molecular weight excluding hydrogens is 348 g/mol. The van der Waals surface area contributed by atoms with Crippen LogP contribution in [0.2, 0.25) is 0 Å². The molecule has 2 aromatic rings. The lowest BCUT2D eigenvalue weighted by Crippen LogP contribution is -2.30. The Morgan fingerprint density at radius 3 is 2.46 bits per heavy atom. The lowest BCUT2D eigenvalue weighted by molar-refractivity contribution is 0.0787. The largest absolute Gasteiger partial charge is 0.392 e. The average Bonchev–Trinajstić information content (AvgIpc) is 3.22. The van der Waals surface area contributed by atoms with E-state index in [0.717, 1.165) is 50.1 Å². The highest BCUT2D eigenvalue weighted by Gasteiger charge is 2.27. The molecule has 28 heavy (non-hydrogen) atoms. The van der Waals surface area contributed by atoms with Crippen LogP contribution in [0.5, 0.6) is 0 Å². The summed E-state index contributed by atoms with van der Waals surface area (Å²) in [5.41, 5.74) is 4.23. The van der Waals surface area contributed by atoms with Gasteiger partial charge in [-0.1, -0.05) is 24.3 Å². The number of piperidine rings is 1. The fraction of sp³-hybridized carbons (Fsp3) is 0.458. The van der Waals surface area contributed by atoms with Gasteiger partial charge >= 0.3 is 0 Å². The smallest absolute Gasteiger partial charge is 0.253 e. The van der Waals surface area contributed by atoms with Gasteiger partial charge in [0.2, 0.25) is 0 Å². The number of aliphatic hydroxyl groups is 1. The number of hydrogen-bond acceptors (Lipinski definition) is 3. The van der Waals surface area contributed by atoms with Crippen molar-refractivity contribution in [3.8, 4) is 0 Å². The molecule has 0 saturated carbocycles. The molecule has 2 aliphatic rings. The van der Waals surface area contributed by atoms with Gasteiger partial charge in [0.05, 0.1) is 6.61 Å². The van der Waals surface area contributed by atoms with Crippen LogP contribution < -0.4 is 4.90 Å². The van der Waals surface area contributed by atoms with Crippen molar-refractivity contribution >= 4 is 11.6 Å². The topological polar surface area (TPSA) is 43.8 Å². The number of amides is 1. The third-order valence-electron chi connectivity index (χ3n) is 6.11. The van der Waals surface area contributed by atoms with Gasteiger partial charge in [-0.15, -0.1) is 0 Å². The molecule has 0 bridgehead atoms. The van der Waals surface area contributed by atoms with Gasteiger partial charge in [-0.25, -0.2) is 0 Å². The summed E-state index contributed by atoms with van der Waals surface area (Å²) < 4.78 is 0. The highest BCUT2D eigenvalue weighted by atomic mass is 16.3. The Hall–Kier alpha value is -2.33. The third kappa shape index (κ3) is 4.39. The molecule has 1 amide bonds. The van der Waals surface area contributed by atoms with Gasteiger partial charge < -0.3 is 14.9 Å². The van der Waals surface area contributed by atoms with Gasteiger partial charge in [-0.3, -0.25) is 4.79 Å². The van der Waals surface area contributed by atoms with Crippen molar-refractivity contribution < 1.29 is 9.90 Å². The lowest BCUT2D eigenvalue weighted by atomic mass is 9.97. The molecule has 1 N–H and O–H groups in total. The molecule has 2 heterocycles. The maximum atomic E-state index is 12.9. The fourth-order valence-corrected chi connectivity index (χ4v) is 4.52. The van der Waals surface area contributed by atoms with E-state index in [0.29, 0.717) is 5.92 Å². The van der Waals surface area contributed by atoms with Crippen LogP contribution in [0.1, 0.15) is 47.2 Å². The number of anilines is 1. The number of carbonyl (C=O) groups is 1. The molecule has 2 aromatic carbocycles. The Labute approximate surface area is 167 Å². The highest BCUT2D eigenvalue weighted by molar-refractivity contribution is 5.94. The third-order valence-corrected chi connectivity index (χ3v) is 6.11. The van der Waals surface area contributed by atoms with Gasteiger partial charge in [0.15, 0.2) is 0 Å². The van der Waals surface area contributed by atoms with Crippen LogP contribution in [0.15, 0.2) is 48.5 Å². The number of likely N-dealkylation sites (tertiary alicyclic amines) is 1. The van der Waals surface area contributed by atoms with Crippen molar-refractivity contribution in [3.63, 3.8) is 0 Å². The maximum Gasteiger partial charge on any atom is 0.253 e. The molecule has 148 valence electrons. The van der Waals surface area contributed by atoms with Crippen LogP contribution in [-0.2, 0) is 13.0 Å². The second kappa shape index (κ2) is 8.78. The number of hydrogen-bond donors (Lipinski definition) is 1. The lowest BCUT2D eigenvalue weighted by Gasteiger charge is -2.29. The minimum atomic E-state index is 0.0799. The molecule has 1 atom stereocenters. The van der Waals surface area contributed by atoms with E-state index in [1.54, 1.807) is 0 Å². The van der Waals surface area contributed by atoms with E-state index in [9.17, 15) is 9.90 Å². The molecule has 0 aromatic heterocycles. The van der Waals surface area contributed by atoms with Gasteiger partial charge in [0.25, 0.3) is 5.91 Å². The molecule has 4 nitrogen and oxygen atoms in total. The molecule has 0 radical (unpaired) electrons. The van der Waals surface area contributed by atoms with Gasteiger partial charge in [-0.05, 0) is 73.4 Å². The number of carbonyl (C=O) groups excluding carboxylic acids is 1. The van der Waals surface area contributed by atoms with Gasteiger partial charge in [-0.2, -0.15) is 0 Å². The van der Waals surface area contributed by atoms with Crippen molar-refractivity contribution in [2.45, 2.75) is 38.7 Å². The summed E-state index contributed by atoms with van der Waals surface area (Å²) in [6.07, 6.45) is 5.86. The first-order valence-corrected chi connectivity index (χ1v) is 10.6. The second-order valence-electron chi connectivity index (χ2n) is 8.18. The first kappa shape index (κ1) is 19.0. The minimum absolute atomic E-state index is 0.0799. The molecule has 4 rings (SSSR count).